The van der Waals surface area contributed by atoms with Crippen LogP contribution in [0, 0.1) is 17.8 Å². The molecule has 19 heteroatoms. The molecule has 1 aromatic rings. The zero-order chi connectivity index (χ0) is 36.0. The number of amides is 4. The van der Waals surface area contributed by atoms with Gasteiger partial charge in [0.1, 0.15) is 6.04 Å². The van der Waals surface area contributed by atoms with Crippen molar-refractivity contribution in [3.63, 3.8) is 0 Å². The second-order valence-corrected chi connectivity index (χ2v) is 11.4. The van der Waals surface area contributed by atoms with Crippen molar-refractivity contribution in [2.45, 2.75) is 83.8 Å². The Kier molecular flexibility index (Phi) is 15.8. The highest BCUT2D eigenvalue weighted by atomic mass is 16.4. The van der Waals surface area contributed by atoms with Crippen molar-refractivity contribution in [2.24, 2.45) is 30.5 Å². The highest BCUT2D eigenvalue weighted by Crippen LogP contribution is 2.19. The highest BCUT2D eigenvalue weighted by molar-refractivity contribution is 5.97. The maximum Gasteiger partial charge on any atom is 0.305 e. The molecule has 8 N–H and O–H groups in total. The minimum atomic E-state index is -1.50. The van der Waals surface area contributed by atoms with E-state index in [-0.39, 0.29) is 12.8 Å². The molecule has 0 fully saturated rings. The number of carboxylic acids is 3. The van der Waals surface area contributed by atoms with Crippen LogP contribution in [0.2, 0.25) is 0 Å². The average Bonchev–Trinajstić information content (AvgIpc) is 3.35. The van der Waals surface area contributed by atoms with Crippen LogP contribution in [0.15, 0.2) is 6.20 Å². The van der Waals surface area contributed by atoms with Crippen LogP contribution >= 0.6 is 0 Å². The molecule has 19 nitrogen and oxygen atoms in total. The van der Waals surface area contributed by atoms with E-state index in [1.807, 2.05) is 0 Å². The maximum atomic E-state index is 13.4. The monoisotopic (exact) mass is 667 g/mol. The molecule has 5 atom stereocenters. The van der Waals surface area contributed by atoms with Gasteiger partial charge in [0, 0.05) is 51.8 Å². The standard InChI is InChI=1S/C28H41N7O12/c1-13(2)25(32-27(46)15(5-6-22(39)40)7-20(37)18(11-24(43)44)30-14(3)36)21(38)8-16(9-23(41)42)28(47)31-19(26(29)45)10-17-12-35(4)34-33-17/h12-13,15-16,18-19,25H,5-11H2,1-4H3,(H2,29,45)(H,30,36)(H,31,47)(H,32,46)(H,39,40)(H,41,42)(H,43,44)/t15-,16+,18+,19+,25+/m1/s1. The van der Waals surface area contributed by atoms with Gasteiger partial charge in [-0.2, -0.15) is 0 Å². The smallest absolute Gasteiger partial charge is 0.305 e. The number of nitrogens with one attached hydrogen (secondary N) is 3. The Morgan fingerprint density at radius 3 is 1.83 bits per heavy atom. The molecule has 1 rings (SSSR count). The Balaban J connectivity index is 3.18. The molecule has 0 bridgehead atoms. The first-order valence-corrected chi connectivity index (χ1v) is 14.5. The molecule has 0 radical (unpaired) electrons. The van der Waals surface area contributed by atoms with E-state index in [1.54, 1.807) is 7.05 Å². The predicted octanol–water partition coefficient (Wildman–Crippen LogP) is -2.06. The third-order valence-electron chi connectivity index (χ3n) is 6.94. The summed E-state index contributed by atoms with van der Waals surface area (Å²) in [6, 6.07) is -4.15. The molecule has 1 aromatic heterocycles. The minimum absolute atomic E-state index is 0.168. The number of ketones is 2. The highest BCUT2D eigenvalue weighted by Gasteiger charge is 2.35. The van der Waals surface area contributed by atoms with E-state index >= 15 is 0 Å². The Morgan fingerprint density at radius 2 is 1.36 bits per heavy atom. The van der Waals surface area contributed by atoms with Gasteiger partial charge >= 0.3 is 17.9 Å². The van der Waals surface area contributed by atoms with Crippen LogP contribution < -0.4 is 21.7 Å². The largest absolute Gasteiger partial charge is 0.481 e. The summed E-state index contributed by atoms with van der Waals surface area (Å²) >= 11 is 0. The van der Waals surface area contributed by atoms with E-state index in [1.165, 1.54) is 24.7 Å². The Hall–Kier alpha value is -5.23. The van der Waals surface area contributed by atoms with Crippen molar-refractivity contribution in [3.8, 4) is 0 Å². The van der Waals surface area contributed by atoms with Crippen LogP contribution in [0.1, 0.15) is 65.0 Å². The Labute approximate surface area is 269 Å². The average molecular weight is 668 g/mol. The molecule has 0 aliphatic rings. The fraction of sp³-hybridized carbons (Fsp3) is 0.607. The van der Waals surface area contributed by atoms with E-state index in [2.05, 4.69) is 26.3 Å². The molecule has 0 spiro atoms. The number of carboxylic acid groups (broad SMARTS) is 3. The molecule has 47 heavy (non-hydrogen) atoms. The number of aryl methyl sites for hydroxylation is 1. The summed E-state index contributed by atoms with van der Waals surface area (Å²) in [5.74, 6) is -12.8. The van der Waals surface area contributed by atoms with Gasteiger partial charge in [-0.25, -0.2) is 0 Å². The van der Waals surface area contributed by atoms with Gasteiger partial charge in [0.25, 0.3) is 0 Å². The number of aliphatic carboxylic acids is 3. The summed E-state index contributed by atoms with van der Waals surface area (Å²) in [7, 11) is 1.57. The van der Waals surface area contributed by atoms with Gasteiger partial charge in [-0.05, 0) is 12.3 Å². The molecular formula is C28H41N7O12. The summed E-state index contributed by atoms with van der Waals surface area (Å²) in [6.07, 6.45) is -2.61. The van der Waals surface area contributed by atoms with E-state index in [0.717, 1.165) is 6.92 Å². The lowest BCUT2D eigenvalue weighted by Gasteiger charge is -2.26. The van der Waals surface area contributed by atoms with Gasteiger partial charge in [-0.15, -0.1) is 5.10 Å². The second-order valence-electron chi connectivity index (χ2n) is 11.4. The molecular weight excluding hydrogens is 626 g/mol. The maximum absolute atomic E-state index is 13.4. The summed E-state index contributed by atoms with van der Waals surface area (Å²) < 4.78 is 1.35. The van der Waals surface area contributed by atoms with Crippen molar-refractivity contribution < 1.29 is 58.5 Å². The minimum Gasteiger partial charge on any atom is -0.481 e. The quantitative estimate of drug-likeness (QED) is 0.0699. The van der Waals surface area contributed by atoms with Gasteiger partial charge in [0.05, 0.1) is 36.5 Å². The van der Waals surface area contributed by atoms with Crippen LogP contribution in [0.5, 0.6) is 0 Å². The number of hydrogen-bond acceptors (Lipinski definition) is 11. The predicted molar refractivity (Wildman–Crippen MR) is 158 cm³/mol. The third-order valence-corrected chi connectivity index (χ3v) is 6.94. The number of nitrogens with two attached hydrogens (primary N) is 1. The number of carbonyl (C=O) groups excluding carboxylic acids is 6. The zero-order valence-electron chi connectivity index (χ0n) is 26.4. The van der Waals surface area contributed by atoms with E-state index in [0.29, 0.717) is 5.69 Å². The van der Waals surface area contributed by atoms with Gasteiger partial charge in [0.2, 0.25) is 23.6 Å². The van der Waals surface area contributed by atoms with Crippen LogP contribution in [-0.4, -0.2) is 102 Å². The van der Waals surface area contributed by atoms with E-state index in [4.69, 9.17) is 15.9 Å². The number of rotatable bonds is 22. The summed E-state index contributed by atoms with van der Waals surface area (Å²) in [5.41, 5.74) is 5.71. The molecule has 0 aliphatic heterocycles. The molecule has 0 unspecified atom stereocenters. The molecule has 0 aromatic carbocycles. The molecule has 0 saturated carbocycles. The van der Waals surface area contributed by atoms with Crippen LogP contribution in [0.3, 0.4) is 0 Å². The van der Waals surface area contributed by atoms with Crippen LogP contribution in [0.25, 0.3) is 0 Å². The second kappa shape index (κ2) is 18.7. The molecule has 1 heterocycles. The number of hydrogen-bond donors (Lipinski definition) is 7. The zero-order valence-corrected chi connectivity index (χ0v) is 26.4. The summed E-state index contributed by atoms with van der Waals surface area (Å²) in [6.45, 7) is 4.13. The fourth-order valence-electron chi connectivity index (χ4n) is 4.61. The molecule has 0 aliphatic carbocycles. The number of carbonyl (C=O) groups is 9. The summed E-state index contributed by atoms with van der Waals surface area (Å²) in [4.78, 5) is 110. The Bertz CT molecular complexity index is 1340. The molecule has 0 saturated heterocycles. The van der Waals surface area contributed by atoms with Gasteiger partial charge < -0.3 is 37.0 Å². The van der Waals surface area contributed by atoms with Crippen LogP contribution in [0.4, 0.5) is 0 Å². The number of primary amides is 1. The van der Waals surface area contributed by atoms with Crippen molar-refractivity contribution in [1.82, 2.24) is 30.9 Å². The summed E-state index contributed by atoms with van der Waals surface area (Å²) in [5, 5.41) is 42.2. The van der Waals surface area contributed by atoms with Crippen molar-refractivity contribution in [1.29, 1.82) is 0 Å². The fourth-order valence-corrected chi connectivity index (χ4v) is 4.61. The lowest BCUT2D eigenvalue weighted by Crippen LogP contribution is -2.51. The molecule has 4 amide bonds. The van der Waals surface area contributed by atoms with Crippen molar-refractivity contribution in [2.75, 3.05) is 0 Å². The van der Waals surface area contributed by atoms with Gasteiger partial charge in [-0.3, -0.25) is 47.8 Å². The number of Topliss-reactive ketones (excluding diaryl/α,β-unsaturated/α-hetero) is 2. The van der Waals surface area contributed by atoms with Gasteiger partial charge in [-0.1, -0.05) is 19.1 Å². The lowest BCUT2D eigenvalue weighted by atomic mass is 9.88. The first kappa shape index (κ1) is 39.8. The number of nitrogens with zero attached hydrogens (tertiary/aromatic N) is 3. The van der Waals surface area contributed by atoms with Crippen molar-refractivity contribution in [3.05, 3.63) is 11.9 Å². The van der Waals surface area contributed by atoms with E-state index in [9.17, 15) is 48.3 Å². The topological polar surface area (TPSA) is 307 Å². The van der Waals surface area contributed by atoms with E-state index < -0.39 is 121 Å². The first-order chi connectivity index (χ1) is 21.8. The Morgan fingerprint density at radius 1 is 0.787 bits per heavy atom. The SMILES string of the molecule is CC(=O)N[C@@H](CC(=O)O)C(=O)C[C@@H](CCC(=O)O)C(=O)N[C@H](C(=O)C[C@@H](CC(=O)O)C(=O)N[C@@H](Cc1cn(C)nn1)C(N)=O)C(C)C. The third kappa shape index (κ3) is 14.6. The molecule has 260 valence electrons. The lowest BCUT2D eigenvalue weighted by molar-refractivity contribution is -0.143. The normalized spacial score (nSPS) is 14.1. The van der Waals surface area contributed by atoms with Crippen molar-refractivity contribution >= 4 is 53.1 Å². The van der Waals surface area contributed by atoms with Gasteiger partial charge in [0.15, 0.2) is 11.6 Å². The van der Waals surface area contributed by atoms with Crippen LogP contribution in [-0.2, 0) is 56.6 Å². The first-order valence-electron chi connectivity index (χ1n) is 14.5. The number of aromatic nitrogens is 3.